The Bertz CT molecular complexity index is 1300. The zero-order chi connectivity index (χ0) is 23.8. The maximum Gasteiger partial charge on any atom is 0.267 e. The Kier molecular flexibility index (Phi) is 7.58. The third kappa shape index (κ3) is 6.03. The van der Waals surface area contributed by atoms with Gasteiger partial charge in [0.15, 0.2) is 0 Å². The average Bonchev–Trinajstić information content (AvgIpc) is 3.33. The molecule has 5 nitrogen and oxygen atoms in total. The van der Waals surface area contributed by atoms with Gasteiger partial charge >= 0.3 is 0 Å². The number of hydrogen-bond acceptors (Lipinski definition) is 3. The van der Waals surface area contributed by atoms with Gasteiger partial charge in [0.05, 0.1) is 5.02 Å². The molecule has 34 heavy (non-hydrogen) atoms. The van der Waals surface area contributed by atoms with E-state index < -0.39 is 5.91 Å². The first kappa shape index (κ1) is 23.1. The zero-order valence-corrected chi connectivity index (χ0v) is 19.1. The SMILES string of the molecule is O=C(NCCc1ccccc1)C(=Cc1ccc(-c2ccccc2Cl)o1)NC(=O)c1ccccc1. The normalized spacial score (nSPS) is 11.1. The third-order valence-electron chi connectivity index (χ3n) is 5.12. The lowest BCUT2D eigenvalue weighted by molar-refractivity contribution is -0.117. The summed E-state index contributed by atoms with van der Waals surface area (Å²) < 4.78 is 5.90. The standard InChI is InChI=1S/C28H23ClN2O3/c29-24-14-8-7-13-23(24)26-16-15-22(34-26)19-25(31-27(32)21-11-5-2-6-12-21)28(33)30-18-17-20-9-3-1-4-10-20/h1-16,19H,17-18H2,(H,30,33)(H,31,32). The molecule has 6 heteroatoms. The second-order valence-electron chi connectivity index (χ2n) is 7.55. The van der Waals surface area contributed by atoms with E-state index in [0.717, 1.165) is 11.1 Å². The lowest BCUT2D eigenvalue weighted by Gasteiger charge is -2.11. The minimum Gasteiger partial charge on any atom is -0.457 e. The Balaban J connectivity index is 1.54. The lowest BCUT2D eigenvalue weighted by Crippen LogP contribution is -2.35. The van der Waals surface area contributed by atoms with Gasteiger partial charge in [-0.3, -0.25) is 9.59 Å². The first-order valence-corrected chi connectivity index (χ1v) is 11.2. The number of carbonyl (C=O) groups is 2. The van der Waals surface area contributed by atoms with Gasteiger partial charge in [-0.15, -0.1) is 0 Å². The summed E-state index contributed by atoms with van der Waals surface area (Å²) in [7, 11) is 0. The molecule has 4 aromatic rings. The number of halogens is 1. The lowest BCUT2D eigenvalue weighted by atomic mass is 10.1. The molecule has 1 heterocycles. The van der Waals surface area contributed by atoms with Crippen LogP contribution in [0.3, 0.4) is 0 Å². The number of nitrogens with one attached hydrogen (secondary N) is 2. The van der Waals surface area contributed by atoms with Crippen LogP contribution in [0.1, 0.15) is 21.7 Å². The van der Waals surface area contributed by atoms with Crippen molar-refractivity contribution in [3.8, 4) is 11.3 Å². The van der Waals surface area contributed by atoms with E-state index in [9.17, 15) is 9.59 Å². The topological polar surface area (TPSA) is 71.3 Å². The van der Waals surface area contributed by atoms with E-state index in [2.05, 4.69) is 10.6 Å². The van der Waals surface area contributed by atoms with Gasteiger partial charge in [-0.05, 0) is 48.4 Å². The van der Waals surface area contributed by atoms with Crippen LogP contribution in [0.25, 0.3) is 17.4 Å². The first-order chi connectivity index (χ1) is 16.6. The van der Waals surface area contributed by atoms with E-state index in [1.165, 1.54) is 6.08 Å². The van der Waals surface area contributed by atoms with Gasteiger partial charge in [-0.2, -0.15) is 0 Å². The van der Waals surface area contributed by atoms with Gasteiger partial charge in [0.25, 0.3) is 11.8 Å². The van der Waals surface area contributed by atoms with Crippen LogP contribution >= 0.6 is 11.6 Å². The second kappa shape index (κ2) is 11.2. The minimum absolute atomic E-state index is 0.0852. The summed E-state index contributed by atoms with van der Waals surface area (Å²) in [5.41, 5.74) is 2.38. The summed E-state index contributed by atoms with van der Waals surface area (Å²) in [6, 6.07) is 29.4. The first-order valence-electron chi connectivity index (χ1n) is 10.8. The van der Waals surface area contributed by atoms with Crippen LogP contribution in [0.4, 0.5) is 0 Å². The fourth-order valence-corrected chi connectivity index (χ4v) is 3.61. The van der Waals surface area contributed by atoms with Crippen molar-refractivity contribution >= 4 is 29.5 Å². The fourth-order valence-electron chi connectivity index (χ4n) is 3.38. The highest BCUT2D eigenvalue weighted by Gasteiger charge is 2.16. The van der Waals surface area contributed by atoms with Gasteiger partial charge in [-0.25, -0.2) is 0 Å². The highest BCUT2D eigenvalue weighted by Crippen LogP contribution is 2.29. The quantitative estimate of drug-likeness (QED) is 0.323. The Labute approximate surface area is 203 Å². The Morgan fingerprint density at radius 2 is 1.50 bits per heavy atom. The largest absolute Gasteiger partial charge is 0.457 e. The average molecular weight is 471 g/mol. The Hall–Kier alpha value is -4.09. The summed E-state index contributed by atoms with van der Waals surface area (Å²) in [4.78, 5) is 25.7. The van der Waals surface area contributed by atoms with Crippen molar-refractivity contribution in [1.82, 2.24) is 10.6 Å². The molecule has 0 radical (unpaired) electrons. The van der Waals surface area contributed by atoms with Crippen LogP contribution in [0.2, 0.25) is 5.02 Å². The van der Waals surface area contributed by atoms with E-state index in [1.54, 1.807) is 42.5 Å². The van der Waals surface area contributed by atoms with Crippen molar-refractivity contribution in [1.29, 1.82) is 0 Å². The van der Waals surface area contributed by atoms with E-state index in [1.807, 2.05) is 54.6 Å². The van der Waals surface area contributed by atoms with E-state index in [-0.39, 0.29) is 11.6 Å². The molecule has 0 saturated carbocycles. The monoisotopic (exact) mass is 470 g/mol. The van der Waals surface area contributed by atoms with Crippen molar-refractivity contribution in [3.05, 3.63) is 125 Å². The Morgan fingerprint density at radius 3 is 2.24 bits per heavy atom. The maximum atomic E-state index is 13.0. The number of rotatable bonds is 8. The summed E-state index contributed by atoms with van der Waals surface area (Å²) in [5, 5.41) is 6.14. The zero-order valence-electron chi connectivity index (χ0n) is 18.3. The van der Waals surface area contributed by atoms with Crippen LogP contribution in [0.15, 0.2) is 107 Å². The summed E-state index contributed by atoms with van der Waals surface area (Å²) in [6.07, 6.45) is 2.18. The third-order valence-corrected chi connectivity index (χ3v) is 5.45. The number of amides is 2. The second-order valence-corrected chi connectivity index (χ2v) is 7.96. The molecule has 0 fully saturated rings. The molecule has 0 spiro atoms. The molecular weight excluding hydrogens is 448 g/mol. The number of carbonyl (C=O) groups excluding carboxylic acids is 2. The molecule has 0 aliphatic heterocycles. The van der Waals surface area contributed by atoms with Crippen LogP contribution in [0.5, 0.6) is 0 Å². The van der Waals surface area contributed by atoms with Crippen molar-refractivity contribution in [3.63, 3.8) is 0 Å². The number of furan rings is 1. The predicted molar refractivity (Wildman–Crippen MR) is 134 cm³/mol. The summed E-state index contributed by atoms with van der Waals surface area (Å²) in [5.74, 6) is 0.186. The van der Waals surface area contributed by atoms with Crippen molar-refractivity contribution < 1.29 is 14.0 Å². The molecular formula is C28H23ClN2O3. The minimum atomic E-state index is -0.407. The number of hydrogen-bond donors (Lipinski definition) is 2. The van der Waals surface area contributed by atoms with Crippen molar-refractivity contribution in [2.45, 2.75) is 6.42 Å². The molecule has 0 saturated heterocycles. The molecule has 0 atom stereocenters. The molecule has 0 aliphatic rings. The van der Waals surface area contributed by atoms with Gasteiger partial charge in [0.2, 0.25) is 0 Å². The van der Waals surface area contributed by atoms with Crippen LogP contribution < -0.4 is 10.6 Å². The Morgan fingerprint density at radius 1 is 0.824 bits per heavy atom. The molecule has 3 aromatic carbocycles. The summed E-state index contributed by atoms with van der Waals surface area (Å²) >= 11 is 6.27. The molecule has 0 aliphatic carbocycles. The van der Waals surface area contributed by atoms with Crippen LogP contribution in [-0.2, 0) is 11.2 Å². The smallest absolute Gasteiger partial charge is 0.267 e. The molecule has 1 aromatic heterocycles. The highest BCUT2D eigenvalue weighted by molar-refractivity contribution is 6.33. The predicted octanol–water partition coefficient (Wildman–Crippen LogP) is 5.73. The van der Waals surface area contributed by atoms with Crippen LogP contribution in [-0.4, -0.2) is 18.4 Å². The van der Waals surface area contributed by atoms with E-state index in [0.29, 0.717) is 35.1 Å². The summed E-state index contributed by atoms with van der Waals surface area (Å²) in [6.45, 7) is 0.421. The molecule has 0 unspecified atom stereocenters. The molecule has 0 bridgehead atoms. The van der Waals surface area contributed by atoms with E-state index >= 15 is 0 Å². The maximum absolute atomic E-state index is 13.0. The molecule has 2 N–H and O–H groups in total. The number of benzene rings is 3. The molecule has 2 amide bonds. The van der Waals surface area contributed by atoms with Crippen molar-refractivity contribution in [2.75, 3.05) is 6.54 Å². The van der Waals surface area contributed by atoms with Crippen molar-refractivity contribution in [2.24, 2.45) is 0 Å². The highest BCUT2D eigenvalue weighted by atomic mass is 35.5. The van der Waals surface area contributed by atoms with Gasteiger partial charge in [-0.1, -0.05) is 72.3 Å². The van der Waals surface area contributed by atoms with E-state index in [4.69, 9.17) is 16.0 Å². The van der Waals surface area contributed by atoms with Gasteiger partial charge in [0, 0.05) is 23.7 Å². The van der Waals surface area contributed by atoms with Gasteiger partial charge < -0.3 is 15.1 Å². The van der Waals surface area contributed by atoms with Crippen LogP contribution in [0, 0.1) is 0 Å². The fraction of sp³-hybridized carbons (Fsp3) is 0.0714. The van der Waals surface area contributed by atoms with Gasteiger partial charge in [0.1, 0.15) is 17.2 Å². The molecule has 4 rings (SSSR count). The molecule has 170 valence electrons.